The number of hydrogen-bond acceptors (Lipinski definition) is 6. The Morgan fingerprint density at radius 1 is 0.881 bits per heavy atom. The summed E-state index contributed by atoms with van der Waals surface area (Å²) >= 11 is 6.96. The van der Waals surface area contributed by atoms with E-state index in [0.29, 0.717) is 12.8 Å². The molecular weight excluding hydrogens is 664 g/mol. The molecule has 1 aliphatic carbocycles. The fraction of sp³-hybridized carbons (Fsp3) is 0.324. The van der Waals surface area contributed by atoms with E-state index in [1.807, 2.05) is 55.5 Å². The molecule has 1 heterocycles. The summed E-state index contributed by atoms with van der Waals surface area (Å²) in [6.45, 7) is 1.87. The van der Waals surface area contributed by atoms with Gasteiger partial charge in [0.1, 0.15) is 12.2 Å². The minimum atomic E-state index is -0.723. The molecule has 0 bridgehead atoms. The van der Waals surface area contributed by atoms with Crippen molar-refractivity contribution in [1.82, 2.24) is 0 Å². The van der Waals surface area contributed by atoms with Crippen molar-refractivity contribution in [3.63, 3.8) is 0 Å². The van der Waals surface area contributed by atoms with E-state index < -0.39 is 24.0 Å². The van der Waals surface area contributed by atoms with Gasteiger partial charge in [0.15, 0.2) is 0 Å². The van der Waals surface area contributed by atoms with E-state index in [0.717, 1.165) is 39.3 Å². The van der Waals surface area contributed by atoms with Crippen LogP contribution in [0.25, 0.3) is 12.2 Å². The summed E-state index contributed by atoms with van der Waals surface area (Å²) in [5, 5.41) is 0. The molecule has 6 nitrogen and oxygen atoms in total. The molecule has 220 valence electrons. The normalized spacial score (nSPS) is 26.4. The van der Waals surface area contributed by atoms with E-state index in [9.17, 15) is 14.4 Å². The average Bonchev–Trinajstić information content (AvgIpc) is 3.35. The summed E-state index contributed by atoms with van der Waals surface area (Å²) in [6.07, 6.45) is 15.6. The molecule has 2 aliphatic rings. The molecule has 4 rings (SSSR count). The molecule has 0 radical (unpaired) electrons. The topological polar surface area (TPSA) is 78.9 Å². The van der Waals surface area contributed by atoms with E-state index >= 15 is 0 Å². The number of hydrogen-bond donors (Lipinski definition) is 0. The quantitative estimate of drug-likeness (QED) is 0.132. The Morgan fingerprint density at radius 3 is 2.14 bits per heavy atom. The van der Waals surface area contributed by atoms with Crippen LogP contribution in [-0.2, 0) is 28.6 Å². The highest BCUT2D eigenvalue weighted by Crippen LogP contribution is 2.39. The minimum absolute atomic E-state index is 0.0149. The lowest BCUT2D eigenvalue weighted by Gasteiger charge is -2.24. The largest absolute Gasteiger partial charge is 0.460 e. The number of rotatable bonds is 6. The van der Waals surface area contributed by atoms with Crippen LogP contribution in [0, 0.1) is 11.8 Å². The zero-order valence-corrected chi connectivity index (χ0v) is 26.5. The summed E-state index contributed by atoms with van der Waals surface area (Å²) in [4.78, 5) is 38.2. The van der Waals surface area contributed by atoms with Crippen LogP contribution in [0.3, 0.4) is 0 Å². The minimum Gasteiger partial charge on any atom is -0.460 e. The fourth-order valence-corrected chi connectivity index (χ4v) is 6.03. The fourth-order valence-electron chi connectivity index (χ4n) is 5.19. The van der Waals surface area contributed by atoms with Crippen molar-refractivity contribution < 1.29 is 28.6 Å². The van der Waals surface area contributed by atoms with Crippen LogP contribution in [0.4, 0.5) is 0 Å². The van der Waals surface area contributed by atoms with Crippen LogP contribution in [0.5, 0.6) is 0 Å². The summed E-state index contributed by atoms with van der Waals surface area (Å²) < 4.78 is 19.0. The number of esters is 3. The van der Waals surface area contributed by atoms with Crippen LogP contribution >= 0.6 is 31.9 Å². The SMILES string of the molecule is C[C@H]1CCC/C=C/[C@@H]2C[C@H](OC(=O)/C=C/c3ccccc3Br)C[C@H]2[C@H](OC(=O)/C=C/c2ccccc2Br)/C=C/C(=O)O1. The number of fused-ring (bicyclic) bond motifs is 1. The summed E-state index contributed by atoms with van der Waals surface area (Å²) in [7, 11) is 0. The third-order valence-electron chi connectivity index (χ3n) is 7.29. The van der Waals surface area contributed by atoms with Crippen molar-refractivity contribution in [2.45, 2.75) is 57.3 Å². The van der Waals surface area contributed by atoms with Gasteiger partial charge in [0.25, 0.3) is 0 Å². The number of ether oxygens (including phenoxy) is 3. The molecule has 0 N–H and O–H groups in total. The van der Waals surface area contributed by atoms with Gasteiger partial charge < -0.3 is 14.2 Å². The van der Waals surface area contributed by atoms with Crippen LogP contribution in [-0.4, -0.2) is 36.2 Å². The molecule has 0 amide bonds. The Morgan fingerprint density at radius 2 is 1.50 bits per heavy atom. The zero-order valence-electron chi connectivity index (χ0n) is 23.4. The molecule has 0 saturated heterocycles. The van der Waals surface area contributed by atoms with Crippen molar-refractivity contribution in [3.05, 3.63) is 105 Å². The molecule has 8 heteroatoms. The predicted octanol–water partition coefficient (Wildman–Crippen LogP) is 8.02. The summed E-state index contributed by atoms with van der Waals surface area (Å²) in [5.74, 6) is -1.67. The maximum absolute atomic E-state index is 13.0. The standard InChI is InChI=1S/C34H34Br2O6/c1-23-9-3-2-4-12-26-21-27(41-33(38)18-15-24-10-5-7-13-29(24)35)22-28(26)31(17-20-32(37)40-23)42-34(39)19-16-25-11-6-8-14-30(25)36/h4-8,10-20,23,26-28,31H,2-3,9,21-22H2,1H3/b12-4+,18-15+,19-16+,20-17+/t23-,26+,27-,28+,31+/m0/s1. The van der Waals surface area contributed by atoms with Crippen LogP contribution < -0.4 is 0 Å². The Bertz CT molecular complexity index is 1380. The number of allylic oxidation sites excluding steroid dienone is 2. The van der Waals surface area contributed by atoms with Crippen LogP contribution in [0.1, 0.15) is 50.2 Å². The molecule has 1 aliphatic heterocycles. The third-order valence-corrected chi connectivity index (χ3v) is 8.73. The van der Waals surface area contributed by atoms with Crippen molar-refractivity contribution in [2.75, 3.05) is 0 Å². The zero-order chi connectivity index (χ0) is 29.9. The van der Waals surface area contributed by atoms with Gasteiger partial charge in [-0.3, -0.25) is 0 Å². The Kier molecular flexibility index (Phi) is 12.0. The van der Waals surface area contributed by atoms with Gasteiger partial charge in [-0.05, 0) is 86.4 Å². The molecule has 1 fully saturated rings. The average molecular weight is 698 g/mol. The lowest BCUT2D eigenvalue weighted by molar-refractivity contribution is -0.146. The smallest absolute Gasteiger partial charge is 0.331 e. The summed E-state index contributed by atoms with van der Waals surface area (Å²) in [6, 6.07) is 15.1. The molecule has 42 heavy (non-hydrogen) atoms. The Labute approximate surface area is 263 Å². The highest BCUT2D eigenvalue weighted by molar-refractivity contribution is 9.10. The van der Waals surface area contributed by atoms with Crippen LogP contribution in [0.15, 0.2) is 93.9 Å². The second-order valence-electron chi connectivity index (χ2n) is 10.4. The number of cyclic esters (lactones) is 1. The van der Waals surface area contributed by atoms with E-state index in [1.165, 1.54) is 18.2 Å². The van der Waals surface area contributed by atoms with Crippen molar-refractivity contribution >= 4 is 61.9 Å². The second kappa shape index (κ2) is 15.8. The predicted molar refractivity (Wildman–Crippen MR) is 170 cm³/mol. The molecule has 5 atom stereocenters. The van der Waals surface area contributed by atoms with Gasteiger partial charge in [-0.15, -0.1) is 0 Å². The summed E-state index contributed by atoms with van der Waals surface area (Å²) in [5.41, 5.74) is 1.71. The highest BCUT2D eigenvalue weighted by Gasteiger charge is 2.40. The van der Waals surface area contributed by atoms with Crippen molar-refractivity contribution in [3.8, 4) is 0 Å². The molecule has 0 spiro atoms. The first-order valence-electron chi connectivity index (χ1n) is 14.1. The lowest BCUT2D eigenvalue weighted by Crippen LogP contribution is -2.27. The molecule has 2 aromatic carbocycles. The van der Waals surface area contributed by atoms with Gasteiger partial charge in [-0.2, -0.15) is 0 Å². The highest BCUT2D eigenvalue weighted by atomic mass is 79.9. The van der Waals surface area contributed by atoms with Gasteiger partial charge in [-0.25, -0.2) is 14.4 Å². The molecule has 1 saturated carbocycles. The monoisotopic (exact) mass is 696 g/mol. The van der Waals surface area contributed by atoms with Gasteiger partial charge in [0.2, 0.25) is 0 Å². The van der Waals surface area contributed by atoms with Gasteiger partial charge in [0.05, 0.1) is 6.10 Å². The third kappa shape index (κ3) is 9.66. The first-order valence-corrected chi connectivity index (χ1v) is 15.7. The second-order valence-corrected chi connectivity index (χ2v) is 12.1. The Hall–Kier alpha value is -3.23. The van der Waals surface area contributed by atoms with Crippen LogP contribution in [0.2, 0.25) is 0 Å². The molecular formula is C34H34Br2O6. The molecule has 0 aromatic heterocycles. The number of halogens is 2. The maximum atomic E-state index is 13.0. The number of benzene rings is 2. The van der Waals surface area contributed by atoms with E-state index in [-0.39, 0.29) is 24.0 Å². The van der Waals surface area contributed by atoms with E-state index in [4.69, 9.17) is 14.2 Å². The van der Waals surface area contributed by atoms with E-state index in [1.54, 1.807) is 18.2 Å². The molecule has 2 aromatic rings. The first-order chi connectivity index (χ1) is 20.3. The van der Waals surface area contributed by atoms with Gasteiger partial charge >= 0.3 is 17.9 Å². The Balaban J connectivity index is 1.52. The van der Waals surface area contributed by atoms with Gasteiger partial charge in [-0.1, -0.05) is 80.4 Å². The lowest BCUT2D eigenvalue weighted by atomic mass is 9.89. The van der Waals surface area contributed by atoms with Gasteiger partial charge in [0, 0.05) is 33.1 Å². The van der Waals surface area contributed by atoms with Crippen molar-refractivity contribution in [1.29, 1.82) is 0 Å². The first kappa shape index (κ1) is 31.7. The maximum Gasteiger partial charge on any atom is 0.331 e. The molecule has 0 unspecified atom stereocenters. The number of carbonyl (C=O) groups excluding carboxylic acids is 3. The number of carbonyl (C=O) groups is 3. The van der Waals surface area contributed by atoms with Crippen molar-refractivity contribution in [2.24, 2.45) is 11.8 Å². The van der Waals surface area contributed by atoms with E-state index in [2.05, 4.69) is 44.0 Å².